The number of carbonyl (C=O) groups excluding carboxylic acids is 2. The quantitative estimate of drug-likeness (QED) is 0.118. The zero-order valence-electron chi connectivity index (χ0n) is 40.3. The van der Waals surface area contributed by atoms with Crippen LogP contribution < -0.4 is 14.3 Å². The molecule has 2 atom stereocenters. The van der Waals surface area contributed by atoms with E-state index >= 15 is 0 Å². The van der Waals surface area contributed by atoms with E-state index in [1.807, 2.05) is 50.3 Å². The maximum Gasteiger partial charge on any atom is 0.256 e. The third-order valence-electron chi connectivity index (χ3n) is 12.6. The molecule has 0 aliphatic carbocycles. The van der Waals surface area contributed by atoms with Gasteiger partial charge in [-0.25, -0.2) is 35.8 Å². The summed E-state index contributed by atoms with van der Waals surface area (Å²) in [6.45, 7) is 7.77. The fraction of sp³-hybridized carbons (Fsp3) is 0.447. The van der Waals surface area contributed by atoms with Gasteiger partial charge in [-0.05, 0) is 95.8 Å². The van der Waals surface area contributed by atoms with E-state index in [-0.39, 0.29) is 58.6 Å². The molecular weight excluding hydrogens is 1120 g/mol. The van der Waals surface area contributed by atoms with Crippen LogP contribution in [-0.4, -0.2) is 154 Å². The van der Waals surface area contributed by atoms with E-state index in [1.54, 1.807) is 55.2 Å². The highest BCUT2D eigenvalue weighted by Crippen LogP contribution is 2.36. The summed E-state index contributed by atoms with van der Waals surface area (Å²) < 4.78 is 57.0. The number of β-amino-alcohol motifs (C(OH)–C–C–N with tert-alkyl or cyclic N) is 2. The lowest BCUT2D eigenvalue weighted by atomic mass is 9.98. The predicted molar refractivity (Wildman–Crippen MR) is 283 cm³/mol. The number of sulfonamides is 2. The Labute approximate surface area is 440 Å². The molecule has 2 aromatic carbocycles. The first kappa shape index (κ1) is 53.3. The molecule has 8 heterocycles. The lowest BCUT2D eigenvalue weighted by molar-refractivity contribution is 0.0196. The Morgan fingerprint density at radius 1 is 0.667 bits per heavy atom. The number of aryl methyl sites for hydroxylation is 2. The monoisotopic (exact) mass is 1170 g/mol. The van der Waals surface area contributed by atoms with E-state index < -0.39 is 20.0 Å². The summed E-state index contributed by atoms with van der Waals surface area (Å²) in [6.07, 6.45) is 10.6. The number of hydrogen-bond acceptors (Lipinski definition) is 14. The van der Waals surface area contributed by atoms with Gasteiger partial charge in [0.2, 0.25) is 20.0 Å². The minimum absolute atomic E-state index is 0.0324. The molecule has 4 fully saturated rings. The number of fused-ring (bicyclic) bond motifs is 2. The summed E-state index contributed by atoms with van der Waals surface area (Å²) in [5.74, 6) is 0.325. The van der Waals surface area contributed by atoms with Crippen molar-refractivity contribution < 1.29 is 36.6 Å². The van der Waals surface area contributed by atoms with Gasteiger partial charge in [-0.1, -0.05) is 43.5 Å². The highest BCUT2D eigenvalue weighted by molar-refractivity contribution is 9.10. The number of aliphatic hydroxyl groups excluding tert-OH is 2. The molecule has 4 aliphatic rings. The van der Waals surface area contributed by atoms with Crippen LogP contribution in [0.2, 0.25) is 5.15 Å². The van der Waals surface area contributed by atoms with E-state index in [0.29, 0.717) is 51.6 Å². The van der Waals surface area contributed by atoms with Crippen molar-refractivity contribution in [2.75, 3.05) is 73.2 Å². The van der Waals surface area contributed by atoms with Crippen LogP contribution in [0.15, 0.2) is 69.9 Å². The summed E-state index contributed by atoms with van der Waals surface area (Å²) in [5.41, 5.74) is 5.62. The van der Waals surface area contributed by atoms with Gasteiger partial charge < -0.3 is 29.8 Å². The average molecular weight is 1180 g/mol. The largest absolute Gasteiger partial charge is 0.390 e. The van der Waals surface area contributed by atoms with Crippen molar-refractivity contribution in [3.63, 3.8) is 0 Å². The van der Waals surface area contributed by atoms with Gasteiger partial charge in [0.15, 0.2) is 11.3 Å². The minimum Gasteiger partial charge on any atom is -0.390 e. The Bertz CT molecular complexity index is 3200. The Morgan fingerprint density at radius 2 is 1.11 bits per heavy atom. The Hall–Kier alpha value is -4.95. The van der Waals surface area contributed by atoms with Gasteiger partial charge in [0.05, 0.1) is 70.7 Å². The number of aromatic nitrogens is 6. The first-order valence-corrected chi connectivity index (χ1v) is 29.1. The van der Waals surface area contributed by atoms with Gasteiger partial charge in [0.1, 0.15) is 11.0 Å². The number of hydrogen-bond donors (Lipinski definition) is 4. The molecule has 4 aromatic heterocycles. The summed E-state index contributed by atoms with van der Waals surface area (Å²) in [4.78, 5) is 44.1. The number of piperidine rings is 2. The lowest BCUT2D eigenvalue weighted by Gasteiger charge is -2.37. The molecule has 25 heteroatoms. The third kappa shape index (κ3) is 12.7. The zero-order valence-corrected chi connectivity index (χ0v) is 45.9. The summed E-state index contributed by atoms with van der Waals surface area (Å²) in [7, 11) is -5.10. The molecular formula is C47H57Br2ClN12O8S2. The van der Waals surface area contributed by atoms with Crippen molar-refractivity contribution in [3.05, 3.63) is 109 Å². The van der Waals surface area contributed by atoms with E-state index in [9.17, 15) is 31.5 Å². The van der Waals surface area contributed by atoms with Crippen molar-refractivity contribution >= 4 is 104 Å². The van der Waals surface area contributed by atoms with Crippen LogP contribution >= 0.6 is 43.5 Å². The number of anilines is 3. The Balaban J connectivity index is 0.000000173. The first-order chi connectivity index (χ1) is 34.0. The van der Waals surface area contributed by atoms with Crippen molar-refractivity contribution in [2.45, 2.75) is 76.7 Å². The standard InChI is InChI=1S/C23H27BrN6O4S.C20H21BrClN5O3S.C4H9NO/c1-14-11-30-21(25-22(14)28-12-16(31)13-28)10-19(26-30)20-5-3-4-8-29(20)23(32)17-9-15(24)6-7-18(17)27-35(2,33)34;1-12-11-27-18(23-19(12)22)10-16(24-27)17-5-3-4-8-26(17)20(28)14-9-13(21)6-7-15(14)25-31(2,29)30;1-5-2-4(6)3-5/h6-7,9-11,16,20,27,31H,3-5,8,12-13H2,1-2H3;6-7,9-11,17,25H,3-5,8H2,1-2H3;4,6H,2-3H2,1H3/t20-;17-;/m00./s1. The Kier molecular flexibility index (Phi) is 16.2. The number of halogens is 3. The second kappa shape index (κ2) is 21.9. The normalized spacial score (nSPS) is 18.9. The van der Waals surface area contributed by atoms with Crippen LogP contribution in [0, 0.1) is 13.8 Å². The number of likely N-dealkylation sites (tertiary alicyclic amines) is 3. The predicted octanol–water partition coefficient (Wildman–Crippen LogP) is 6.21. The molecule has 72 heavy (non-hydrogen) atoms. The van der Waals surface area contributed by atoms with Gasteiger partial charge in [-0.15, -0.1) is 0 Å². The molecule has 2 amide bonds. The second-order valence-electron chi connectivity index (χ2n) is 18.8. The van der Waals surface area contributed by atoms with Gasteiger partial charge in [-0.2, -0.15) is 10.2 Å². The first-order valence-electron chi connectivity index (χ1n) is 23.4. The van der Waals surface area contributed by atoms with Gasteiger partial charge in [-0.3, -0.25) is 19.0 Å². The van der Waals surface area contributed by atoms with E-state index in [1.165, 1.54) is 0 Å². The number of nitrogens with zero attached hydrogens (tertiary/aromatic N) is 10. The molecule has 0 spiro atoms. The molecule has 0 saturated carbocycles. The minimum atomic E-state index is -3.56. The zero-order chi connectivity index (χ0) is 51.8. The fourth-order valence-electron chi connectivity index (χ4n) is 9.20. The molecule has 6 aromatic rings. The van der Waals surface area contributed by atoms with Crippen LogP contribution in [-0.2, 0) is 20.0 Å². The third-order valence-corrected chi connectivity index (χ3v) is 15.2. The number of rotatable bonds is 9. The number of nitrogens with one attached hydrogen (secondary N) is 2. The van der Waals surface area contributed by atoms with Crippen molar-refractivity contribution in [2.24, 2.45) is 0 Å². The van der Waals surface area contributed by atoms with Gasteiger partial charge in [0, 0.05) is 83.9 Å². The number of carbonyl (C=O) groups is 2. The molecule has 0 bridgehead atoms. The van der Waals surface area contributed by atoms with E-state index in [4.69, 9.17) is 26.8 Å². The maximum atomic E-state index is 13.7. The number of likely N-dealkylation sites (N-methyl/N-ethyl adjacent to an activating group) is 1. The molecule has 10 rings (SSSR count). The summed E-state index contributed by atoms with van der Waals surface area (Å²) in [5, 5.41) is 28.1. The molecule has 4 saturated heterocycles. The van der Waals surface area contributed by atoms with Gasteiger partial charge >= 0.3 is 0 Å². The van der Waals surface area contributed by atoms with Crippen LogP contribution in [0.4, 0.5) is 17.2 Å². The van der Waals surface area contributed by atoms with E-state index in [2.05, 4.69) is 56.3 Å². The van der Waals surface area contributed by atoms with Gasteiger partial charge in [0.25, 0.3) is 11.8 Å². The highest BCUT2D eigenvalue weighted by Gasteiger charge is 2.35. The highest BCUT2D eigenvalue weighted by atomic mass is 79.9. The number of amides is 2. The van der Waals surface area contributed by atoms with Crippen LogP contribution in [0.25, 0.3) is 11.3 Å². The molecule has 386 valence electrons. The molecule has 4 N–H and O–H groups in total. The molecule has 0 unspecified atom stereocenters. The fourth-order valence-corrected chi connectivity index (χ4v) is 11.2. The summed E-state index contributed by atoms with van der Waals surface area (Å²) in [6, 6.07) is 13.1. The van der Waals surface area contributed by atoms with E-state index in [0.717, 1.165) is 92.5 Å². The van der Waals surface area contributed by atoms with Crippen LogP contribution in [0.5, 0.6) is 0 Å². The van der Waals surface area contributed by atoms with Crippen molar-refractivity contribution in [1.29, 1.82) is 0 Å². The average Bonchev–Trinajstić information content (AvgIpc) is 3.91. The van der Waals surface area contributed by atoms with Crippen molar-refractivity contribution in [1.82, 2.24) is 43.9 Å². The maximum absolute atomic E-state index is 13.7. The van der Waals surface area contributed by atoms with Crippen molar-refractivity contribution in [3.8, 4) is 0 Å². The lowest BCUT2D eigenvalue weighted by Crippen LogP contribution is -2.51. The Morgan fingerprint density at radius 3 is 1.53 bits per heavy atom. The SMILES string of the molecule is CN1CC(O)C1.Cc1cn2nc([C@@H]3CCCCN3C(=O)c3cc(Br)ccc3NS(C)(=O)=O)cc2nc1Cl.Cc1cn2nc([C@@H]3CCCCN3C(=O)c3cc(Br)ccc3NS(C)(=O)=O)cc2nc1N1CC(O)C1. The number of benzene rings is 2. The van der Waals surface area contributed by atoms with Crippen LogP contribution in [0.3, 0.4) is 0 Å². The molecule has 0 radical (unpaired) electrons. The number of aliphatic hydroxyl groups is 2. The topological polar surface area (TPSA) is 240 Å². The summed E-state index contributed by atoms with van der Waals surface area (Å²) >= 11 is 12.9. The second-order valence-corrected chi connectivity index (χ2v) is 24.5. The molecule has 4 aliphatic heterocycles. The molecule has 20 nitrogen and oxygen atoms in total. The van der Waals surface area contributed by atoms with Crippen LogP contribution in [0.1, 0.15) is 93.8 Å². The smallest absolute Gasteiger partial charge is 0.256 e.